The Hall–Kier alpha value is -2.02. The van der Waals surface area contributed by atoms with Crippen LogP contribution in [0.4, 0.5) is 0 Å². The van der Waals surface area contributed by atoms with Gasteiger partial charge in [-0.1, -0.05) is 55.1 Å². The second-order valence-corrected chi connectivity index (χ2v) is 5.07. The normalized spacial score (nSPS) is 14.1. The zero-order valence-corrected chi connectivity index (χ0v) is 11.0. The molecule has 96 valence electrons. The lowest BCUT2D eigenvalue weighted by Gasteiger charge is -2.13. The van der Waals surface area contributed by atoms with E-state index in [4.69, 9.17) is 4.74 Å². The first-order valence-corrected chi connectivity index (χ1v) is 6.79. The van der Waals surface area contributed by atoms with Crippen LogP contribution in [0.25, 0.3) is 5.57 Å². The highest BCUT2D eigenvalue weighted by Gasteiger charge is 2.26. The standard InChI is InChI=1S/C18H18O/c1-14(16-11-12-16)17-9-5-6-10-18(17)19-13-15-7-3-2-4-8-15/h2-10,16H,1,11-13H2. The minimum absolute atomic E-state index is 0.607. The van der Waals surface area contributed by atoms with Crippen LogP contribution >= 0.6 is 0 Å². The number of ether oxygens (including phenoxy) is 1. The highest BCUT2D eigenvalue weighted by atomic mass is 16.5. The molecule has 1 saturated carbocycles. The van der Waals surface area contributed by atoms with Crippen molar-refractivity contribution in [2.45, 2.75) is 19.4 Å². The molecule has 0 spiro atoms. The molecule has 0 radical (unpaired) electrons. The average Bonchev–Trinajstić information content (AvgIpc) is 3.30. The summed E-state index contributed by atoms with van der Waals surface area (Å²) in [4.78, 5) is 0. The molecule has 1 heteroatoms. The summed E-state index contributed by atoms with van der Waals surface area (Å²) < 4.78 is 5.96. The van der Waals surface area contributed by atoms with Crippen LogP contribution in [0.2, 0.25) is 0 Å². The Morgan fingerprint density at radius 3 is 2.42 bits per heavy atom. The molecule has 19 heavy (non-hydrogen) atoms. The number of hydrogen-bond donors (Lipinski definition) is 0. The monoisotopic (exact) mass is 250 g/mol. The number of rotatable bonds is 5. The fourth-order valence-electron chi connectivity index (χ4n) is 2.24. The molecule has 0 heterocycles. The SMILES string of the molecule is C=C(c1ccccc1OCc1ccccc1)C1CC1. The molecule has 1 aliphatic carbocycles. The van der Waals surface area contributed by atoms with Gasteiger partial charge in [0.25, 0.3) is 0 Å². The second-order valence-electron chi connectivity index (χ2n) is 5.07. The lowest BCUT2D eigenvalue weighted by molar-refractivity contribution is 0.305. The molecule has 1 aliphatic rings. The maximum absolute atomic E-state index is 5.96. The Kier molecular flexibility index (Phi) is 3.37. The van der Waals surface area contributed by atoms with Gasteiger partial charge >= 0.3 is 0 Å². The number of para-hydroxylation sites is 1. The quantitative estimate of drug-likeness (QED) is 0.748. The predicted molar refractivity (Wildman–Crippen MR) is 79.0 cm³/mol. The molecule has 2 aromatic rings. The van der Waals surface area contributed by atoms with Crippen LogP contribution < -0.4 is 4.74 Å². The van der Waals surface area contributed by atoms with Crippen molar-refractivity contribution in [1.29, 1.82) is 0 Å². The molecular weight excluding hydrogens is 232 g/mol. The lowest BCUT2D eigenvalue weighted by Crippen LogP contribution is -1.98. The van der Waals surface area contributed by atoms with Gasteiger partial charge in [-0.05, 0) is 36.0 Å². The average molecular weight is 250 g/mol. The predicted octanol–water partition coefficient (Wildman–Crippen LogP) is 4.69. The zero-order chi connectivity index (χ0) is 13.1. The van der Waals surface area contributed by atoms with Crippen molar-refractivity contribution in [3.05, 3.63) is 72.3 Å². The van der Waals surface area contributed by atoms with Crippen molar-refractivity contribution < 1.29 is 4.74 Å². The summed E-state index contributed by atoms with van der Waals surface area (Å²) in [6, 6.07) is 18.5. The summed E-state index contributed by atoms with van der Waals surface area (Å²) in [5.41, 5.74) is 3.58. The summed E-state index contributed by atoms with van der Waals surface area (Å²) in [7, 11) is 0. The molecule has 0 bridgehead atoms. The maximum Gasteiger partial charge on any atom is 0.127 e. The van der Waals surface area contributed by atoms with E-state index in [9.17, 15) is 0 Å². The van der Waals surface area contributed by atoms with Crippen molar-refractivity contribution >= 4 is 5.57 Å². The van der Waals surface area contributed by atoms with Crippen LogP contribution in [-0.2, 0) is 6.61 Å². The molecule has 0 atom stereocenters. The lowest BCUT2D eigenvalue weighted by atomic mass is 10.0. The molecule has 1 nitrogen and oxygen atoms in total. The third-order valence-electron chi connectivity index (χ3n) is 3.54. The van der Waals surface area contributed by atoms with E-state index in [-0.39, 0.29) is 0 Å². The Labute approximate surface area is 114 Å². The van der Waals surface area contributed by atoms with Crippen LogP contribution in [0.5, 0.6) is 5.75 Å². The Balaban J connectivity index is 1.75. The summed E-state index contributed by atoms with van der Waals surface area (Å²) in [5, 5.41) is 0. The first-order valence-electron chi connectivity index (χ1n) is 6.79. The van der Waals surface area contributed by atoms with Gasteiger partial charge in [-0.25, -0.2) is 0 Å². The Morgan fingerprint density at radius 2 is 1.68 bits per heavy atom. The number of benzene rings is 2. The van der Waals surface area contributed by atoms with Crippen molar-refractivity contribution in [1.82, 2.24) is 0 Å². The fraction of sp³-hybridized carbons (Fsp3) is 0.222. The Bertz CT molecular complexity index is 567. The number of hydrogen-bond acceptors (Lipinski definition) is 1. The van der Waals surface area contributed by atoms with E-state index in [0.717, 1.165) is 5.75 Å². The summed E-state index contributed by atoms with van der Waals surface area (Å²) in [6.45, 7) is 4.83. The van der Waals surface area contributed by atoms with Crippen LogP contribution in [0.3, 0.4) is 0 Å². The summed E-state index contributed by atoms with van der Waals surface area (Å²) in [5.74, 6) is 1.62. The van der Waals surface area contributed by atoms with Gasteiger partial charge in [0.2, 0.25) is 0 Å². The topological polar surface area (TPSA) is 9.23 Å². The summed E-state index contributed by atoms with van der Waals surface area (Å²) in [6.07, 6.45) is 2.54. The first-order chi connectivity index (χ1) is 9.34. The third kappa shape index (κ3) is 2.87. The van der Waals surface area contributed by atoms with Gasteiger partial charge in [0, 0.05) is 5.56 Å². The van der Waals surface area contributed by atoms with Crippen LogP contribution in [0.1, 0.15) is 24.0 Å². The van der Waals surface area contributed by atoms with E-state index in [1.54, 1.807) is 0 Å². The smallest absolute Gasteiger partial charge is 0.127 e. The third-order valence-corrected chi connectivity index (χ3v) is 3.54. The molecule has 1 fully saturated rings. The molecule has 0 N–H and O–H groups in total. The van der Waals surface area contributed by atoms with Gasteiger partial charge in [0.05, 0.1) is 0 Å². The van der Waals surface area contributed by atoms with Crippen molar-refractivity contribution in [3.8, 4) is 5.75 Å². The first kappa shape index (κ1) is 12.0. The van der Waals surface area contributed by atoms with Gasteiger partial charge in [0.1, 0.15) is 12.4 Å². The fourth-order valence-corrected chi connectivity index (χ4v) is 2.24. The molecule has 0 saturated heterocycles. The van der Waals surface area contributed by atoms with E-state index in [0.29, 0.717) is 12.5 Å². The summed E-state index contributed by atoms with van der Waals surface area (Å²) >= 11 is 0. The Morgan fingerprint density at radius 1 is 1.00 bits per heavy atom. The van der Waals surface area contributed by atoms with E-state index < -0.39 is 0 Å². The molecule has 0 aliphatic heterocycles. The van der Waals surface area contributed by atoms with E-state index >= 15 is 0 Å². The highest BCUT2D eigenvalue weighted by molar-refractivity contribution is 5.71. The maximum atomic E-state index is 5.96. The van der Waals surface area contributed by atoms with E-state index in [1.165, 1.54) is 29.5 Å². The largest absolute Gasteiger partial charge is 0.488 e. The van der Waals surface area contributed by atoms with E-state index in [2.05, 4.69) is 30.8 Å². The second kappa shape index (κ2) is 5.31. The number of allylic oxidation sites excluding steroid dienone is 1. The van der Waals surface area contributed by atoms with Crippen LogP contribution in [-0.4, -0.2) is 0 Å². The molecule has 0 amide bonds. The van der Waals surface area contributed by atoms with Gasteiger partial charge in [0.15, 0.2) is 0 Å². The van der Waals surface area contributed by atoms with Crippen molar-refractivity contribution in [2.24, 2.45) is 5.92 Å². The van der Waals surface area contributed by atoms with E-state index in [1.807, 2.05) is 30.3 Å². The molecule has 0 aromatic heterocycles. The van der Waals surface area contributed by atoms with Gasteiger partial charge in [-0.3, -0.25) is 0 Å². The minimum atomic E-state index is 0.607. The van der Waals surface area contributed by atoms with Gasteiger partial charge in [-0.15, -0.1) is 0 Å². The van der Waals surface area contributed by atoms with Crippen LogP contribution in [0, 0.1) is 5.92 Å². The van der Waals surface area contributed by atoms with Crippen LogP contribution in [0.15, 0.2) is 61.2 Å². The minimum Gasteiger partial charge on any atom is -0.488 e. The molecular formula is C18H18O. The molecule has 2 aromatic carbocycles. The van der Waals surface area contributed by atoms with Crippen molar-refractivity contribution in [2.75, 3.05) is 0 Å². The highest BCUT2D eigenvalue weighted by Crippen LogP contribution is 2.43. The van der Waals surface area contributed by atoms with Gasteiger partial charge < -0.3 is 4.74 Å². The van der Waals surface area contributed by atoms with Crippen molar-refractivity contribution in [3.63, 3.8) is 0 Å². The molecule has 3 rings (SSSR count). The van der Waals surface area contributed by atoms with Gasteiger partial charge in [-0.2, -0.15) is 0 Å². The molecule has 0 unspecified atom stereocenters. The zero-order valence-electron chi connectivity index (χ0n) is 11.0.